The number of carboxylic acid groups (broad SMARTS) is 1. The van der Waals surface area contributed by atoms with E-state index in [2.05, 4.69) is 60.0 Å². The summed E-state index contributed by atoms with van der Waals surface area (Å²) in [5.41, 5.74) is 6.40. The van der Waals surface area contributed by atoms with Crippen LogP contribution in [0.5, 0.6) is 0 Å². The van der Waals surface area contributed by atoms with Gasteiger partial charge >= 0.3 is 5.97 Å². The predicted molar refractivity (Wildman–Crippen MR) is 171 cm³/mol. The molecule has 222 valence electrons. The second kappa shape index (κ2) is 13.2. The van der Waals surface area contributed by atoms with E-state index in [0.717, 1.165) is 67.9 Å². The number of nitrogens with zero attached hydrogens (tertiary/aromatic N) is 2. The maximum absolute atomic E-state index is 13.6. The number of amides is 1. The Bertz CT molecular complexity index is 1500. The summed E-state index contributed by atoms with van der Waals surface area (Å²) < 4.78 is 0. The van der Waals surface area contributed by atoms with Crippen molar-refractivity contribution in [3.05, 3.63) is 118 Å². The SMILES string of the molecule is O=C(O)CC1C=CC(CCC2NC3=CC(C(=O)N4CCC(c5ccccc5)CC4)CC=C3N=C2c2ccc(Cl)cc2)=CC1. The van der Waals surface area contributed by atoms with Gasteiger partial charge in [0.25, 0.3) is 0 Å². The lowest BCUT2D eigenvalue weighted by atomic mass is 9.87. The normalized spacial score (nSPS) is 23.7. The summed E-state index contributed by atoms with van der Waals surface area (Å²) >= 11 is 6.19. The quantitative estimate of drug-likeness (QED) is 0.342. The molecule has 1 saturated heterocycles. The van der Waals surface area contributed by atoms with Crippen LogP contribution in [0.2, 0.25) is 5.02 Å². The lowest BCUT2D eigenvalue weighted by molar-refractivity contribution is -0.138. The van der Waals surface area contributed by atoms with Crippen LogP contribution in [0, 0.1) is 11.8 Å². The molecule has 0 saturated carbocycles. The van der Waals surface area contributed by atoms with Gasteiger partial charge in [0.15, 0.2) is 0 Å². The highest BCUT2D eigenvalue weighted by Gasteiger charge is 2.32. The molecule has 43 heavy (non-hydrogen) atoms. The molecule has 1 fully saturated rings. The Hall–Kier alpha value is -3.90. The second-order valence-electron chi connectivity index (χ2n) is 12.0. The number of hydrogen-bond donors (Lipinski definition) is 2. The number of aliphatic imine (C=N–C) groups is 1. The highest BCUT2D eigenvalue weighted by atomic mass is 35.5. The first-order valence-corrected chi connectivity index (χ1v) is 15.8. The number of carbonyl (C=O) groups excluding carboxylic acids is 1. The Morgan fingerprint density at radius 3 is 2.47 bits per heavy atom. The fraction of sp³-hybridized carbons (Fsp3) is 0.361. The summed E-state index contributed by atoms with van der Waals surface area (Å²) in [5, 5.41) is 13.5. The third-order valence-corrected chi connectivity index (χ3v) is 9.32. The summed E-state index contributed by atoms with van der Waals surface area (Å²) in [5.74, 6) is -0.185. The molecule has 2 aromatic carbocycles. The van der Waals surface area contributed by atoms with E-state index in [1.807, 2.05) is 35.2 Å². The summed E-state index contributed by atoms with van der Waals surface area (Å²) in [7, 11) is 0. The zero-order valence-corrected chi connectivity index (χ0v) is 25.0. The van der Waals surface area contributed by atoms with Gasteiger partial charge in [0.05, 0.1) is 35.5 Å². The molecule has 2 N–H and O–H groups in total. The van der Waals surface area contributed by atoms with Gasteiger partial charge in [-0.2, -0.15) is 0 Å². The Balaban J connectivity index is 1.14. The molecular formula is C36H38ClN3O3. The molecule has 2 aliphatic heterocycles. The van der Waals surface area contributed by atoms with Gasteiger partial charge in [-0.25, -0.2) is 4.99 Å². The summed E-state index contributed by atoms with van der Waals surface area (Å²) in [6.07, 6.45) is 15.6. The molecule has 0 spiro atoms. The highest BCUT2D eigenvalue weighted by Crippen LogP contribution is 2.33. The summed E-state index contributed by atoms with van der Waals surface area (Å²) in [6.45, 7) is 1.58. The van der Waals surface area contributed by atoms with Crippen LogP contribution in [0.25, 0.3) is 0 Å². The van der Waals surface area contributed by atoms with Crippen LogP contribution in [0.15, 0.2) is 107 Å². The average molecular weight is 596 g/mol. The summed E-state index contributed by atoms with van der Waals surface area (Å²) in [6, 6.07) is 18.4. The number of aliphatic carboxylic acids is 1. The number of fused-ring (bicyclic) bond motifs is 1. The molecule has 1 amide bonds. The number of piperidine rings is 1. The first-order valence-electron chi connectivity index (χ1n) is 15.4. The van der Waals surface area contributed by atoms with E-state index in [4.69, 9.17) is 21.7 Å². The first-order chi connectivity index (χ1) is 20.9. The number of rotatable bonds is 8. The number of nitrogens with one attached hydrogen (secondary N) is 1. The molecule has 6 rings (SSSR count). The molecule has 0 aromatic heterocycles. The van der Waals surface area contributed by atoms with Crippen molar-refractivity contribution in [1.82, 2.24) is 10.2 Å². The number of carboxylic acids is 1. The van der Waals surface area contributed by atoms with Gasteiger partial charge in [-0.3, -0.25) is 9.59 Å². The predicted octanol–water partition coefficient (Wildman–Crippen LogP) is 7.05. The van der Waals surface area contributed by atoms with Gasteiger partial charge in [0, 0.05) is 18.1 Å². The van der Waals surface area contributed by atoms with Gasteiger partial charge in [0.2, 0.25) is 5.91 Å². The van der Waals surface area contributed by atoms with Crippen LogP contribution in [-0.4, -0.2) is 46.7 Å². The van der Waals surface area contributed by atoms with Crippen LogP contribution < -0.4 is 5.32 Å². The third kappa shape index (κ3) is 7.02. The largest absolute Gasteiger partial charge is 0.481 e. The van der Waals surface area contributed by atoms with Crippen LogP contribution in [-0.2, 0) is 9.59 Å². The minimum absolute atomic E-state index is 0.0360. The van der Waals surface area contributed by atoms with Gasteiger partial charge in [-0.15, -0.1) is 0 Å². The van der Waals surface area contributed by atoms with Crippen molar-refractivity contribution in [2.24, 2.45) is 16.8 Å². The molecule has 2 heterocycles. The van der Waals surface area contributed by atoms with Crippen molar-refractivity contribution in [3.8, 4) is 0 Å². The van der Waals surface area contributed by atoms with Crippen molar-refractivity contribution < 1.29 is 14.7 Å². The lowest BCUT2D eigenvalue weighted by Gasteiger charge is -2.36. The number of allylic oxidation sites excluding steroid dienone is 5. The van der Waals surface area contributed by atoms with E-state index in [0.29, 0.717) is 17.4 Å². The van der Waals surface area contributed by atoms with Crippen LogP contribution in [0.4, 0.5) is 0 Å². The standard InChI is InChI=1S/C36H38ClN3O3/c37-30-14-11-28(12-15-30)35-32(16-10-24-6-8-25(9-7-24)22-34(41)42)38-33-23-29(13-17-31(33)39-35)36(43)40-20-18-27(19-21-40)26-4-2-1-3-5-26/h1-8,11-12,14-15,17,23,25,27,29,32,38H,9-10,13,16,18-22H2,(H,41,42). The van der Waals surface area contributed by atoms with Gasteiger partial charge in [-0.1, -0.05) is 83.9 Å². The molecule has 2 aromatic rings. The Morgan fingerprint density at radius 1 is 1.00 bits per heavy atom. The van der Waals surface area contributed by atoms with E-state index >= 15 is 0 Å². The molecule has 7 heteroatoms. The zero-order chi connectivity index (χ0) is 29.8. The monoisotopic (exact) mass is 595 g/mol. The van der Waals surface area contributed by atoms with Gasteiger partial charge < -0.3 is 15.3 Å². The van der Waals surface area contributed by atoms with E-state index in [9.17, 15) is 9.59 Å². The van der Waals surface area contributed by atoms with Crippen molar-refractivity contribution in [1.29, 1.82) is 0 Å². The molecule has 0 radical (unpaired) electrons. The number of likely N-dealkylation sites (tertiary alicyclic amines) is 1. The lowest BCUT2D eigenvalue weighted by Crippen LogP contribution is -2.44. The molecular weight excluding hydrogens is 558 g/mol. The maximum Gasteiger partial charge on any atom is 0.303 e. The Labute approximate surface area is 258 Å². The van der Waals surface area contributed by atoms with Crippen molar-refractivity contribution in [2.75, 3.05) is 13.1 Å². The maximum atomic E-state index is 13.6. The van der Waals surface area contributed by atoms with Crippen molar-refractivity contribution >= 4 is 29.2 Å². The van der Waals surface area contributed by atoms with E-state index in [-0.39, 0.29) is 30.2 Å². The van der Waals surface area contributed by atoms with Gasteiger partial charge in [0.1, 0.15) is 0 Å². The first kappa shape index (κ1) is 29.2. The molecule has 2 aliphatic carbocycles. The number of benzene rings is 2. The minimum Gasteiger partial charge on any atom is -0.481 e. The molecule has 6 nitrogen and oxygen atoms in total. The molecule has 4 aliphatic rings. The molecule has 3 unspecified atom stereocenters. The zero-order valence-electron chi connectivity index (χ0n) is 24.3. The number of carbonyl (C=O) groups is 2. The minimum atomic E-state index is -0.764. The fourth-order valence-electron chi connectivity index (χ4n) is 6.64. The van der Waals surface area contributed by atoms with E-state index in [1.165, 1.54) is 11.1 Å². The average Bonchev–Trinajstić information content (AvgIpc) is 3.04. The number of hydrogen-bond acceptors (Lipinski definition) is 4. The van der Waals surface area contributed by atoms with Crippen LogP contribution in [0.1, 0.15) is 62.0 Å². The molecule has 3 atom stereocenters. The van der Waals surface area contributed by atoms with Crippen LogP contribution >= 0.6 is 11.6 Å². The van der Waals surface area contributed by atoms with Crippen molar-refractivity contribution in [2.45, 2.75) is 56.9 Å². The molecule has 0 bridgehead atoms. The van der Waals surface area contributed by atoms with Gasteiger partial charge in [-0.05, 0) is 79.7 Å². The van der Waals surface area contributed by atoms with Crippen LogP contribution in [0.3, 0.4) is 0 Å². The second-order valence-corrected chi connectivity index (χ2v) is 12.4. The third-order valence-electron chi connectivity index (χ3n) is 9.07. The Kier molecular flexibility index (Phi) is 8.94. The Morgan fingerprint density at radius 2 is 1.77 bits per heavy atom. The van der Waals surface area contributed by atoms with Crippen molar-refractivity contribution in [3.63, 3.8) is 0 Å². The number of halogens is 1. The smallest absolute Gasteiger partial charge is 0.303 e. The summed E-state index contributed by atoms with van der Waals surface area (Å²) in [4.78, 5) is 31.9. The highest BCUT2D eigenvalue weighted by molar-refractivity contribution is 6.30. The van der Waals surface area contributed by atoms with E-state index < -0.39 is 5.97 Å². The van der Waals surface area contributed by atoms with E-state index in [1.54, 1.807) is 0 Å². The topological polar surface area (TPSA) is 82.0 Å². The fourth-order valence-corrected chi connectivity index (χ4v) is 6.76.